The Hall–Kier alpha value is -2.86. The normalized spacial score (nSPS) is 12.3. The van der Waals surface area contributed by atoms with Crippen molar-refractivity contribution in [2.75, 3.05) is 6.61 Å². The smallest absolute Gasteiger partial charge is 0.328 e. The van der Waals surface area contributed by atoms with Crippen molar-refractivity contribution < 1.29 is 14.6 Å². The minimum absolute atomic E-state index is 0.0858. The molecule has 0 amide bonds. The lowest BCUT2D eigenvalue weighted by Gasteiger charge is -2.13. The summed E-state index contributed by atoms with van der Waals surface area (Å²) in [5, 5.41) is 10.3. The Balaban J connectivity index is 1.60. The highest BCUT2D eigenvalue weighted by atomic mass is 16.5. The van der Waals surface area contributed by atoms with Crippen molar-refractivity contribution in [1.82, 2.24) is 9.13 Å². The van der Waals surface area contributed by atoms with Gasteiger partial charge in [-0.3, -0.25) is 9.13 Å². The van der Waals surface area contributed by atoms with Crippen LogP contribution in [0, 0.1) is 0 Å². The van der Waals surface area contributed by atoms with Gasteiger partial charge in [-0.15, -0.1) is 0 Å². The molecular formula is C21H24N2O4. The number of hydrogen-bond donors (Lipinski definition) is 1. The van der Waals surface area contributed by atoms with Gasteiger partial charge < -0.3 is 14.6 Å². The summed E-state index contributed by atoms with van der Waals surface area (Å²) in [6, 6.07) is 15.0. The van der Waals surface area contributed by atoms with Crippen LogP contribution in [0.3, 0.4) is 0 Å². The van der Waals surface area contributed by atoms with Gasteiger partial charge in [0.1, 0.15) is 24.2 Å². The van der Waals surface area contributed by atoms with Gasteiger partial charge in [0.2, 0.25) is 0 Å². The maximum absolute atomic E-state index is 12.4. The Morgan fingerprint density at radius 1 is 1.11 bits per heavy atom. The molecule has 0 unspecified atom stereocenters. The molecule has 0 saturated carbocycles. The number of carbonyl (C=O) groups excluding carboxylic acids is 1. The van der Waals surface area contributed by atoms with Crippen LogP contribution in [-0.4, -0.2) is 32.7 Å². The second-order valence-corrected chi connectivity index (χ2v) is 6.75. The standard InChI is InChI=1S/C21H24N2O4/c1-15(24)7-8-16-9-11-18(12-10-16)27-14-17(25)13-23-20-6-4-3-5-19(20)22(2)21(23)26/h3-6,9-12,17,25H,7-8,13-14H2,1-2H3/t17-/m0/s1. The molecule has 6 nitrogen and oxygen atoms in total. The first kappa shape index (κ1) is 18.9. The molecule has 0 aliphatic heterocycles. The first-order valence-corrected chi connectivity index (χ1v) is 8.99. The fourth-order valence-electron chi connectivity index (χ4n) is 3.07. The molecule has 0 bridgehead atoms. The van der Waals surface area contributed by atoms with E-state index >= 15 is 0 Å². The summed E-state index contributed by atoms with van der Waals surface area (Å²) in [6.45, 7) is 1.83. The second-order valence-electron chi connectivity index (χ2n) is 6.75. The van der Waals surface area contributed by atoms with Gasteiger partial charge in [0.15, 0.2) is 0 Å². The van der Waals surface area contributed by atoms with Gasteiger partial charge >= 0.3 is 5.69 Å². The number of fused-ring (bicyclic) bond motifs is 1. The highest BCUT2D eigenvalue weighted by Gasteiger charge is 2.14. The van der Waals surface area contributed by atoms with Crippen LogP contribution >= 0.6 is 0 Å². The number of nitrogens with zero attached hydrogens (tertiary/aromatic N) is 2. The van der Waals surface area contributed by atoms with Crippen molar-refractivity contribution in [3.05, 3.63) is 64.6 Å². The van der Waals surface area contributed by atoms with Crippen molar-refractivity contribution in [1.29, 1.82) is 0 Å². The number of benzene rings is 2. The third-order valence-corrected chi connectivity index (χ3v) is 4.58. The van der Waals surface area contributed by atoms with Gasteiger partial charge in [-0.2, -0.15) is 0 Å². The first-order chi connectivity index (χ1) is 13.0. The van der Waals surface area contributed by atoms with Crippen LogP contribution in [0.25, 0.3) is 11.0 Å². The Kier molecular flexibility index (Phi) is 5.76. The minimum atomic E-state index is -0.814. The van der Waals surface area contributed by atoms with Crippen LogP contribution in [0.15, 0.2) is 53.3 Å². The third-order valence-electron chi connectivity index (χ3n) is 4.58. The fourth-order valence-corrected chi connectivity index (χ4v) is 3.07. The van der Waals surface area contributed by atoms with Crippen molar-refractivity contribution in [2.24, 2.45) is 7.05 Å². The van der Waals surface area contributed by atoms with E-state index < -0.39 is 6.10 Å². The molecule has 0 radical (unpaired) electrons. The number of rotatable bonds is 8. The van der Waals surface area contributed by atoms with Crippen LogP contribution in [0.2, 0.25) is 0 Å². The van der Waals surface area contributed by atoms with Gasteiger partial charge in [-0.25, -0.2) is 4.79 Å². The SMILES string of the molecule is CC(=O)CCc1ccc(OC[C@@H](O)Cn2c(=O)n(C)c3ccccc32)cc1. The van der Waals surface area contributed by atoms with Gasteiger partial charge in [0.25, 0.3) is 0 Å². The summed E-state index contributed by atoms with van der Waals surface area (Å²) in [5.41, 5.74) is 2.53. The maximum Gasteiger partial charge on any atom is 0.328 e. The van der Waals surface area contributed by atoms with Crippen LogP contribution in [0.5, 0.6) is 5.75 Å². The number of aryl methyl sites for hydroxylation is 2. The number of aliphatic hydroxyl groups excluding tert-OH is 1. The van der Waals surface area contributed by atoms with Crippen molar-refractivity contribution in [2.45, 2.75) is 32.4 Å². The number of hydrogen-bond acceptors (Lipinski definition) is 4. The van der Waals surface area contributed by atoms with Gasteiger partial charge in [0.05, 0.1) is 17.6 Å². The Labute approximate surface area is 157 Å². The summed E-state index contributed by atoms with van der Waals surface area (Å²) in [4.78, 5) is 23.4. The maximum atomic E-state index is 12.4. The molecular weight excluding hydrogens is 344 g/mol. The molecule has 6 heteroatoms. The molecule has 2 aromatic carbocycles. The molecule has 0 saturated heterocycles. The molecule has 0 fully saturated rings. The summed E-state index contributed by atoms with van der Waals surface area (Å²) in [7, 11) is 1.72. The zero-order valence-corrected chi connectivity index (χ0v) is 15.6. The first-order valence-electron chi connectivity index (χ1n) is 8.99. The summed E-state index contributed by atoms with van der Waals surface area (Å²) < 4.78 is 8.78. The zero-order valence-electron chi connectivity index (χ0n) is 15.6. The minimum Gasteiger partial charge on any atom is -0.491 e. The molecule has 1 heterocycles. The lowest BCUT2D eigenvalue weighted by molar-refractivity contribution is -0.116. The number of imidazole rings is 1. The van der Waals surface area contributed by atoms with Gasteiger partial charge in [0, 0.05) is 13.5 Å². The molecule has 1 aromatic heterocycles. The fraction of sp³-hybridized carbons (Fsp3) is 0.333. The number of ether oxygens (including phenoxy) is 1. The summed E-state index contributed by atoms with van der Waals surface area (Å²) in [6.07, 6.45) is 0.423. The summed E-state index contributed by atoms with van der Waals surface area (Å²) in [5.74, 6) is 0.813. The Morgan fingerprint density at radius 2 is 1.78 bits per heavy atom. The number of para-hydroxylation sites is 2. The monoisotopic (exact) mass is 368 g/mol. The average Bonchev–Trinajstić information content (AvgIpc) is 2.91. The molecule has 1 atom stereocenters. The van der Waals surface area contributed by atoms with Gasteiger partial charge in [-0.05, 0) is 43.2 Å². The van der Waals surface area contributed by atoms with E-state index in [-0.39, 0.29) is 24.6 Å². The van der Waals surface area contributed by atoms with E-state index in [1.807, 2.05) is 48.5 Å². The molecule has 0 spiro atoms. The van der Waals surface area contributed by atoms with E-state index in [4.69, 9.17) is 4.74 Å². The molecule has 142 valence electrons. The number of Topliss-reactive ketones (excluding diaryl/α,β-unsaturated/α-hetero) is 1. The highest BCUT2D eigenvalue weighted by molar-refractivity contribution is 5.76. The van der Waals surface area contributed by atoms with E-state index in [0.717, 1.165) is 16.6 Å². The van der Waals surface area contributed by atoms with Crippen LogP contribution < -0.4 is 10.4 Å². The zero-order chi connectivity index (χ0) is 19.4. The molecule has 1 N–H and O–H groups in total. The van der Waals surface area contributed by atoms with E-state index in [1.165, 1.54) is 0 Å². The third kappa shape index (κ3) is 4.46. The van der Waals surface area contributed by atoms with Crippen LogP contribution in [-0.2, 0) is 24.8 Å². The highest BCUT2D eigenvalue weighted by Crippen LogP contribution is 2.15. The average molecular weight is 368 g/mol. The van der Waals surface area contributed by atoms with Crippen molar-refractivity contribution in [3.63, 3.8) is 0 Å². The van der Waals surface area contributed by atoms with E-state index in [0.29, 0.717) is 18.6 Å². The predicted octanol–water partition coefficient (Wildman–Crippen LogP) is 2.30. The number of aromatic nitrogens is 2. The topological polar surface area (TPSA) is 73.5 Å². The van der Waals surface area contributed by atoms with Crippen LogP contribution in [0.1, 0.15) is 18.9 Å². The van der Waals surface area contributed by atoms with Crippen molar-refractivity contribution >= 4 is 16.8 Å². The number of ketones is 1. The quantitative estimate of drug-likeness (QED) is 0.662. The van der Waals surface area contributed by atoms with E-state index in [9.17, 15) is 14.7 Å². The molecule has 0 aliphatic rings. The van der Waals surface area contributed by atoms with Gasteiger partial charge in [-0.1, -0.05) is 24.3 Å². The molecule has 3 aromatic rings. The lowest BCUT2D eigenvalue weighted by Crippen LogP contribution is -2.30. The van der Waals surface area contributed by atoms with E-state index in [1.54, 1.807) is 23.1 Å². The lowest BCUT2D eigenvalue weighted by atomic mass is 10.1. The predicted molar refractivity (Wildman–Crippen MR) is 104 cm³/mol. The Morgan fingerprint density at radius 3 is 2.44 bits per heavy atom. The second kappa shape index (κ2) is 8.22. The van der Waals surface area contributed by atoms with Crippen LogP contribution in [0.4, 0.5) is 0 Å². The molecule has 0 aliphatic carbocycles. The Bertz CT molecular complexity index is 986. The van der Waals surface area contributed by atoms with E-state index in [2.05, 4.69) is 0 Å². The van der Waals surface area contributed by atoms with Crippen molar-refractivity contribution in [3.8, 4) is 5.75 Å². The number of aliphatic hydroxyl groups is 1. The number of carbonyl (C=O) groups is 1. The largest absolute Gasteiger partial charge is 0.491 e. The summed E-state index contributed by atoms with van der Waals surface area (Å²) >= 11 is 0. The molecule has 27 heavy (non-hydrogen) atoms. The molecule has 3 rings (SSSR count).